The van der Waals surface area contributed by atoms with Gasteiger partial charge in [0.05, 0.1) is 0 Å². The van der Waals surface area contributed by atoms with Gasteiger partial charge in [0.25, 0.3) is 11.9 Å². The van der Waals surface area contributed by atoms with E-state index in [9.17, 15) is 30.7 Å². The number of hydrogen-bond acceptors (Lipinski definition) is 4. The number of halogens is 7. The van der Waals surface area contributed by atoms with Crippen LogP contribution >= 0.6 is 12.2 Å². The number of alkyl halides is 3. The van der Waals surface area contributed by atoms with Crippen LogP contribution in [-0.2, 0) is 0 Å². The molecule has 13 heteroatoms. The van der Waals surface area contributed by atoms with Gasteiger partial charge in [-0.3, -0.25) is 10.9 Å². The summed E-state index contributed by atoms with van der Waals surface area (Å²) in [6.07, 6.45) is -4.85. The van der Waals surface area contributed by atoms with Crippen molar-refractivity contribution in [2.75, 3.05) is 10.7 Å². The lowest BCUT2D eigenvalue weighted by Gasteiger charge is -2.14. The van der Waals surface area contributed by atoms with E-state index in [2.05, 4.69) is 20.5 Å². The molecule has 1 heterocycles. The summed E-state index contributed by atoms with van der Waals surface area (Å²) in [5, 5.41) is 2.13. The standard InChI is InChI=1S/C13H7F7N4OS/c14-7-9(8(15)11(17)22-10(7)16)23-24-12(26)21-5-1-3-6(4-2-5)25-13(18,19)20/h1-4H,(H,22,23)(H2,21,24,26). The van der Waals surface area contributed by atoms with Crippen LogP contribution in [0.1, 0.15) is 0 Å². The van der Waals surface area contributed by atoms with E-state index in [4.69, 9.17) is 12.2 Å². The Labute approximate surface area is 146 Å². The summed E-state index contributed by atoms with van der Waals surface area (Å²) in [5.41, 5.74) is 2.87. The molecule has 0 amide bonds. The summed E-state index contributed by atoms with van der Waals surface area (Å²) in [6, 6.07) is 4.31. The number of ether oxygens (including phenoxy) is 1. The van der Waals surface area contributed by atoms with Crippen molar-refractivity contribution in [1.82, 2.24) is 10.4 Å². The minimum Gasteiger partial charge on any atom is -0.406 e. The number of hydrogen-bond donors (Lipinski definition) is 3. The zero-order valence-electron chi connectivity index (χ0n) is 12.2. The van der Waals surface area contributed by atoms with Crippen molar-refractivity contribution in [2.45, 2.75) is 6.36 Å². The Bertz CT molecular complexity index is 787. The quantitative estimate of drug-likeness (QED) is 0.314. The summed E-state index contributed by atoms with van der Waals surface area (Å²) in [7, 11) is 0. The first kappa shape index (κ1) is 19.5. The molecule has 0 fully saturated rings. The Balaban J connectivity index is 1.98. The maximum Gasteiger partial charge on any atom is 0.573 e. The van der Waals surface area contributed by atoms with Crippen molar-refractivity contribution in [1.29, 1.82) is 0 Å². The largest absolute Gasteiger partial charge is 0.573 e. The van der Waals surface area contributed by atoms with Crippen LogP contribution in [0.15, 0.2) is 24.3 Å². The van der Waals surface area contributed by atoms with Crippen LogP contribution in [0.4, 0.5) is 42.1 Å². The molecule has 3 N–H and O–H groups in total. The monoisotopic (exact) mass is 400 g/mol. The van der Waals surface area contributed by atoms with Gasteiger partial charge in [-0.15, -0.1) is 13.2 Å². The topological polar surface area (TPSA) is 58.2 Å². The van der Waals surface area contributed by atoms with Crippen LogP contribution in [0.25, 0.3) is 0 Å². The first-order chi connectivity index (χ1) is 12.1. The molecular weight excluding hydrogens is 393 g/mol. The van der Waals surface area contributed by atoms with E-state index in [0.29, 0.717) is 0 Å². The third-order valence-electron chi connectivity index (χ3n) is 2.64. The number of anilines is 2. The van der Waals surface area contributed by atoms with Gasteiger partial charge in [-0.2, -0.15) is 22.5 Å². The second kappa shape index (κ2) is 7.59. The average Bonchev–Trinajstić information content (AvgIpc) is 2.53. The van der Waals surface area contributed by atoms with Gasteiger partial charge in [0, 0.05) is 5.69 Å². The molecule has 0 bridgehead atoms. The van der Waals surface area contributed by atoms with Crippen LogP contribution in [0.5, 0.6) is 5.75 Å². The van der Waals surface area contributed by atoms with Crippen molar-refractivity contribution in [3.05, 3.63) is 47.8 Å². The SMILES string of the molecule is Fc1nc(F)c(F)c(NNC(=S)Nc2ccc(OC(F)(F)F)cc2)c1F. The van der Waals surface area contributed by atoms with Gasteiger partial charge in [0.1, 0.15) is 11.4 Å². The van der Waals surface area contributed by atoms with Crippen molar-refractivity contribution in [3.8, 4) is 5.75 Å². The van der Waals surface area contributed by atoms with Crippen LogP contribution in [0, 0.1) is 23.5 Å². The van der Waals surface area contributed by atoms with Gasteiger partial charge in [0.15, 0.2) is 5.11 Å². The van der Waals surface area contributed by atoms with Gasteiger partial charge in [-0.25, -0.2) is 0 Å². The Kier molecular flexibility index (Phi) is 5.69. The fourth-order valence-electron chi connectivity index (χ4n) is 1.62. The van der Waals surface area contributed by atoms with Crippen LogP contribution in [0.3, 0.4) is 0 Å². The molecule has 5 nitrogen and oxygen atoms in total. The lowest BCUT2D eigenvalue weighted by atomic mass is 10.3. The summed E-state index contributed by atoms with van der Waals surface area (Å²) >= 11 is 4.76. The van der Waals surface area contributed by atoms with E-state index in [1.165, 1.54) is 12.1 Å². The number of nitrogens with zero attached hydrogens (tertiary/aromatic N) is 1. The minimum atomic E-state index is -4.85. The highest BCUT2D eigenvalue weighted by Crippen LogP contribution is 2.24. The lowest BCUT2D eigenvalue weighted by Crippen LogP contribution is -2.34. The van der Waals surface area contributed by atoms with E-state index < -0.39 is 41.3 Å². The molecule has 0 unspecified atom stereocenters. The highest BCUT2D eigenvalue weighted by molar-refractivity contribution is 7.80. The molecule has 1 aromatic heterocycles. The van der Waals surface area contributed by atoms with Crippen LogP contribution in [-0.4, -0.2) is 16.5 Å². The van der Waals surface area contributed by atoms with Gasteiger partial charge >= 0.3 is 6.36 Å². The Morgan fingerprint density at radius 2 is 1.50 bits per heavy atom. The second-order valence-electron chi connectivity index (χ2n) is 4.47. The molecule has 140 valence electrons. The predicted molar refractivity (Wildman–Crippen MR) is 80.2 cm³/mol. The van der Waals surface area contributed by atoms with Crippen molar-refractivity contribution < 1.29 is 35.5 Å². The fourth-order valence-corrected chi connectivity index (χ4v) is 1.79. The first-order valence-corrected chi connectivity index (χ1v) is 6.86. The zero-order chi connectivity index (χ0) is 19.5. The number of pyridine rings is 1. The maximum atomic E-state index is 13.4. The van der Waals surface area contributed by atoms with E-state index in [0.717, 1.165) is 12.1 Å². The molecule has 26 heavy (non-hydrogen) atoms. The molecule has 0 aliphatic rings. The number of rotatable bonds is 4. The van der Waals surface area contributed by atoms with Gasteiger partial charge in [0.2, 0.25) is 11.6 Å². The number of hydrazine groups is 1. The van der Waals surface area contributed by atoms with Crippen LogP contribution in [0.2, 0.25) is 0 Å². The fraction of sp³-hybridized carbons (Fsp3) is 0.0769. The molecule has 0 spiro atoms. The summed E-state index contributed by atoms with van der Waals surface area (Å²) in [6.45, 7) is 0. The highest BCUT2D eigenvalue weighted by Gasteiger charge is 2.31. The number of benzene rings is 1. The molecule has 0 saturated heterocycles. The highest BCUT2D eigenvalue weighted by atomic mass is 32.1. The maximum absolute atomic E-state index is 13.4. The van der Waals surface area contributed by atoms with Crippen molar-refractivity contribution in [2.24, 2.45) is 0 Å². The summed E-state index contributed by atoms with van der Waals surface area (Å²) in [5.74, 6) is -7.78. The third-order valence-corrected chi connectivity index (χ3v) is 2.85. The van der Waals surface area contributed by atoms with Crippen LogP contribution < -0.4 is 20.9 Å². The van der Waals surface area contributed by atoms with Crippen molar-refractivity contribution >= 4 is 28.7 Å². The van der Waals surface area contributed by atoms with Gasteiger partial charge in [-0.1, -0.05) is 0 Å². The number of nitrogens with one attached hydrogen (secondary N) is 3. The Morgan fingerprint density at radius 1 is 0.962 bits per heavy atom. The van der Waals surface area contributed by atoms with E-state index >= 15 is 0 Å². The Morgan fingerprint density at radius 3 is 2.00 bits per heavy atom. The molecule has 0 radical (unpaired) electrons. The van der Waals surface area contributed by atoms with Crippen molar-refractivity contribution in [3.63, 3.8) is 0 Å². The zero-order valence-corrected chi connectivity index (χ0v) is 13.0. The molecule has 2 rings (SSSR count). The molecule has 0 aliphatic heterocycles. The number of thiocarbonyl (C=S) groups is 1. The summed E-state index contributed by atoms with van der Waals surface area (Å²) in [4.78, 5) is 2.37. The Hall–Kier alpha value is -2.83. The van der Waals surface area contributed by atoms with Gasteiger partial charge < -0.3 is 10.1 Å². The molecule has 2 aromatic rings. The molecular formula is C13H7F7N4OS. The minimum absolute atomic E-state index is 0.187. The number of aromatic nitrogens is 1. The van der Waals surface area contributed by atoms with E-state index in [1.54, 1.807) is 0 Å². The second-order valence-corrected chi connectivity index (χ2v) is 4.88. The molecule has 0 saturated carbocycles. The lowest BCUT2D eigenvalue weighted by molar-refractivity contribution is -0.274. The smallest absolute Gasteiger partial charge is 0.406 e. The molecule has 0 atom stereocenters. The average molecular weight is 400 g/mol. The molecule has 1 aromatic carbocycles. The van der Waals surface area contributed by atoms with E-state index in [1.807, 2.05) is 5.43 Å². The predicted octanol–water partition coefficient (Wildman–Crippen LogP) is 3.85. The third kappa shape index (κ3) is 5.08. The van der Waals surface area contributed by atoms with Gasteiger partial charge in [-0.05, 0) is 36.5 Å². The van der Waals surface area contributed by atoms with E-state index in [-0.39, 0.29) is 10.8 Å². The summed E-state index contributed by atoms with van der Waals surface area (Å²) < 4.78 is 92.4. The molecule has 0 aliphatic carbocycles. The normalized spacial score (nSPS) is 11.0. The first-order valence-electron chi connectivity index (χ1n) is 6.45.